The van der Waals surface area contributed by atoms with E-state index in [4.69, 9.17) is 10.5 Å². The first-order chi connectivity index (χ1) is 11.7. The van der Waals surface area contributed by atoms with E-state index < -0.39 is 0 Å². The van der Waals surface area contributed by atoms with Crippen LogP contribution in [0.15, 0.2) is 48.8 Å². The van der Waals surface area contributed by atoms with E-state index in [1.807, 2.05) is 23.1 Å². The van der Waals surface area contributed by atoms with E-state index in [1.165, 1.54) is 0 Å². The van der Waals surface area contributed by atoms with Crippen molar-refractivity contribution >= 4 is 5.91 Å². The molecule has 1 saturated heterocycles. The maximum atomic E-state index is 12.8. The zero-order valence-electron chi connectivity index (χ0n) is 13.5. The van der Waals surface area contributed by atoms with Crippen LogP contribution in [-0.4, -0.2) is 34.9 Å². The molecular formula is C19H21N3O2. The Hall–Kier alpha value is -2.40. The van der Waals surface area contributed by atoms with E-state index in [-0.39, 0.29) is 11.9 Å². The van der Waals surface area contributed by atoms with Crippen LogP contribution in [0.25, 0.3) is 0 Å². The van der Waals surface area contributed by atoms with Crippen LogP contribution in [0.4, 0.5) is 0 Å². The molecule has 124 valence electrons. The van der Waals surface area contributed by atoms with Crippen molar-refractivity contribution in [3.8, 4) is 11.5 Å². The van der Waals surface area contributed by atoms with E-state index in [1.54, 1.807) is 30.6 Å². The molecule has 1 aromatic carbocycles. The van der Waals surface area contributed by atoms with Crippen molar-refractivity contribution in [3.63, 3.8) is 0 Å². The minimum Gasteiger partial charge on any atom is -0.457 e. The van der Waals surface area contributed by atoms with E-state index in [0.29, 0.717) is 28.9 Å². The summed E-state index contributed by atoms with van der Waals surface area (Å²) < 4.78 is 5.79. The van der Waals surface area contributed by atoms with E-state index in [9.17, 15) is 4.79 Å². The highest BCUT2D eigenvalue weighted by Crippen LogP contribution is 2.37. The number of hydrogen-bond donors (Lipinski definition) is 1. The number of fused-ring (bicyclic) bond motifs is 1. The Bertz CT molecular complexity index is 734. The van der Waals surface area contributed by atoms with Gasteiger partial charge in [-0.25, -0.2) is 0 Å². The second kappa shape index (κ2) is 6.24. The third-order valence-corrected chi connectivity index (χ3v) is 5.17. The quantitative estimate of drug-likeness (QED) is 0.943. The number of carbonyl (C=O) groups is 1. The number of pyridine rings is 1. The number of rotatable bonds is 3. The summed E-state index contributed by atoms with van der Waals surface area (Å²) in [4.78, 5) is 18.7. The Morgan fingerprint density at radius 1 is 1.12 bits per heavy atom. The molecule has 1 aliphatic carbocycles. The molecule has 2 N–H and O–H groups in total. The molecule has 1 amide bonds. The van der Waals surface area contributed by atoms with Gasteiger partial charge in [0, 0.05) is 37.1 Å². The summed E-state index contributed by atoms with van der Waals surface area (Å²) in [6.07, 6.45) is 5.58. The highest BCUT2D eigenvalue weighted by Gasteiger charge is 2.42. The van der Waals surface area contributed by atoms with Gasteiger partial charge in [0.2, 0.25) is 0 Å². The number of benzene rings is 1. The average Bonchev–Trinajstić information content (AvgIpc) is 3.18. The van der Waals surface area contributed by atoms with Gasteiger partial charge in [-0.1, -0.05) is 6.07 Å². The molecule has 3 unspecified atom stereocenters. The molecule has 2 fully saturated rings. The lowest BCUT2D eigenvalue weighted by Gasteiger charge is -2.19. The fraction of sp³-hybridized carbons (Fsp3) is 0.368. The van der Waals surface area contributed by atoms with Crippen molar-refractivity contribution in [1.82, 2.24) is 9.88 Å². The highest BCUT2D eigenvalue weighted by molar-refractivity contribution is 5.94. The lowest BCUT2D eigenvalue weighted by Crippen LogP contribution is -2.33. The maximum absolute atomic E-state index is 12.8. The molecule has 24 heavy (non-hydrogen) atoms. The molecule has 2 aliphatic rings. The summed E-state index contributed by atoms with van der Waals surface area (Å²) >= 11 is 0. The largest absolute Gasteiger partial charge is 0.457 e. The molecule has 0 radical (unpaired) electrons. The molecule has 1 aliphatic heterocycles. The van der Waals surface area contributed by atoms with Gasteiger partial charge in [-0.15, -0.1) is 0 Å². The van der Waals surface area contributed by atoms with Gasteiger partial charge in [-0.05, 0) is 55.0 Å². The third kappa shape index (κ3) is 2.87. The lowest BCUT2D eigenvalue weighted by atomic mass is 9.98. The van der Waals surface area contributed by atoms with Crippen LogP contribution in [0.1, 0.15) is 23.2 Å². The first-order valence-corrected chi connectivity index (χ1v) is 8.43. The van der Waals surface area contributed by atoms with Crippen LogP contribution in [-0.2, 0) is 0 Å². The summed E-state index contributed by atoms with van der Waals surface area (Å²) in [6, 6.07) is 11.2. The normalized spacial score (nSPS) is 25.5. The van der Waals surface area contributed by atoms with Gasteiger partial charge in [0.1, 0.15) is 11.5 Å². The van der Waals surface area contributed by atoms with Gasteiger partial charge in [-0.2, -0.15) is 0 Å². The SMILES string of the molecule is NC1CCC2CN(C(=O)c3cccc(Oc4ccncc4)c3)CC12. The van der Waals surface area contributed by atoms with Crippen LogP contribution < -0.4 is 10.5 Å². The summed E-state index contributed by atoms with van der Waals surface area (Å²) in [5.74, 6) is 2.46. The molecule has 1 aromatic heterocycles. The van der Waals surface area contributed by atoms with Gasteiger partial charge in [-0.3, -0.25) is 9.78 Å². The Balaban J connectivity index is 1.48. The number of nitrogens with two attached hydrogens (primary N) is 1. The van der Waals surface area contributed by atoms with Crippen LogP contribution in [0.5, 0.6) is 11.5 Å². The first kappa shape index (κ1) is 15.1. The second-order valence-corrected chi connectivity index (χ2v) is 6.69. The highest BCUT2D eigenvalue weighted by atomic mass is 16.5. The van der Waals surface area contributed by atoms with Crippen molar-refractivity contribution in [1.29, 1.82) is 0 Å². The topological polar surface area (TPSA) is 68.5 Å². The summed E-state index contributed by atoms with van der Waals surface area (Å²) in [7, 11) is 0. The van der Waals surface area contributed by atoms with E-state index in [2.05, 4.69) is 4.98 Å². The van der Waals surface area contributed by atoms with Crippen LogP contribution in [0.2, 0.25) is 0 Å². The van der Waals surface area contributed by atoms with Crippen LogP contribution >= 0.6 is 0 Å². The molecule has 5 nitrogen and oxygen atoms in total. The Morgan fingerprint density at radius 3 is 2.75 bits per heavy atom. The average molecular weight is 323 g/mol. The van der Waals surface area contributed by atoms with Gasteiger partial charge >= 0.3 is 0 Å². The molecule has 2 aromatic rings. The van der Waals surface area contributed by atoms with Crippen molar-refractivity contribution in [3.05, 3.63) is 54.4 Å². The van der Waals surface area contributed by atoms with Crippen molar-refractivity contribution in [2.24, 2.45) is 17.6 Å². The molecule has 5 heteroatoms. The van der Waals surface area contributed by atoms with E-state index in [0.717, 1.165) is 25.9 Å². The smallest absolute Gasteiger partial charge is 0.254 e. The first-order valence-electron chi connectivity index (χ1n) is 8.43. The minimum atomic E-state index is 0.0665. The monoisotopic (exact) mass is 323 g/mol. The number of nitrogens with zero attached hydrogens (tertiary/aromatic N) is 2. The predicted octanol–water partition coefficient (Wildman–Crippen LogP) is 2.68. The lowest BCUT2D eigenvalue weighted by molar-refractivity contribution is 0.0779. The Labute approximate surface area is 141 Å². The number of likely N-dealkylation sites (tertiary alicyclic amines) is 1. The molecule has 4 rings (SSSR count). The van der Waals surface area contributed by atoms with Gasteiger partial charge in [0.05, 0.1) is 0 Å². The third-order valence-electron chi connectivity index (χ3n) is 5.17. The number of amides is 1. The van der Waals surface area contributed by atoms with Crippen LogP contribution in [0.3, 0.4) is 0 Å². The molecule has 0 bridgehead atoms. The molecular weight excluding hydrogens is 302 g/mol. The van der Waals surface area contributed by atoms with E-state index >= 15 is 0 Å². The predicted molar refractivity (Wildman–Crippen MR) is 90.8 cm³/mol. The fourth-order valence-corrected chi connectivity index (χ4v) is 3.89. The molecule has 1 saturated carbocycles. The minimum absolute atomic E-state index is 0.0665. The fourth-order valence-electron chi connectivity index (χ4n) is 3.89. The maximum Gasteiger partial charge on any atom is 0.254 e. The molecule has 0 spiro atoms. The molecule has 2 heterocycles. The second-order valence-electron chi connectivity index (χ2n) is 6.69. The summed E-state index contributed by atoms with van der Waals surface area (Å²) in [5, 5.41) is 0. The van der Waals surface area contributed by atoms with Gasteiger partial charge in [0.25, 0.3) is 5.91 Å². The van der Waals surface area contributed by atoms with Crippen molar-refractivity contribution in [2.45, 2.75) is 18.9 Å². The standard InChI is InChI=1S/C19H21N3O2/c20-18-5-4-14-11-22(12-17(14)18)19(23)13-2-1-3-16(10-13)24-15-6-8-21-9-7-15/h1-3,6-10,14,17-18H,4-5,11-12,20H2. The number of hydrogen-bond acceptors (Lipinski definition) is 4. The summed E-state index contributed by atoms with van der Waals surface area (Å²) in [6.45, 7) is 1.60. The molecule has 3 atom stereocenters. The van der Waals surface area contributed by atoms with Crippen molar-refractivity contribution in [2.75, 3.05) is 13.1 Å². The van der Waals surface area contributed by atoms with Crippen LogP contribution in [0, 0.1) is 11.8 Å². The van der Waals surface area contributed by atoms with Gasteiger partial charge in [0.15, 0.2) is 0 Å². The Kier molecular flexibility index (Phi) is 3.94. The zero-order chi connectivity index (χ0) is 16.5. The van der Waals surface area contributed by atoms with Crippen molar-refractivity contribution < 1.29 is 9.53 Å². The Morgan fingerprint density at radius 2 is 1.96 bits per heavy atom. The van der Waals surface area contributed by atoms with Gasteiger partial charge < -0.3 is 15.4 Å². The summed E-state index contributed by atoms with van der Waals surface area (Å²) in [5.41, 5.74) is 6.83. The number of aromatic nitrogens is 1. The number of carbonyl (C=O) groups excluding carboxylic acids is 1. The number of ether oxygens (including phenoxy) is 1. The zero-order valence-corrected chi connectivity index (χ0v) is 13.5.